The molecule has 0 aliphatic carbocycles. The van der Waals surface area contributed by atoms with Crippen LogP contribution in [0.15, 0.2) is 12.1 Å². The molecule has 0 atom stereocenters. The predicted molar refractivity (Wildman–Crippen MR) is 67.9 cm³/mol. The summed E-state index contributed by atoms with van der Waals surface area (Å²) >= 11 is 3.06. The Balaban J connectivity index is 3.51. The average Bonchev–Trinajstić information content (AvgIpc) is 2.28. The molecule has 7 heteroatoms. The normalized spacial score (nSPS) is 12.8. The highest BCUT2D eigenvalue weighted by molar-refractivity contribution is 9.08. The molecule has 0 saturated carbocycles. The molecule has 102 valence electrons. The van der Waals surface area contributed by atoms with E-state index >= 15 is 0 Å². The largest absolute Gasteiger partial charge is 0.276 e. The van der Waals surface area contributed by atoms with Crippen LogP contribution in [0.1, 0.15) is 25.0 Å². The molecule has 0 aliphatic rings. The van der Waals surface area contributed by atoms with E-state index in [1.807, 2.05) is 0 Å². The molecule has 1 aromatic rings. The number of hydrogen-bond donors (Lipinski definition) is 0. The molecule has 0 radical (unpaired) electrons. The molecule has 0 unspecified atom stereocenters. The van der Waals surface area contributed by atoms with Gasteiger partial charge in [0.15, 0.2) is 0 Å². The lowest BCUT2D eigenvalue weighted by molar-refractivity contribution is 0.369. The van der Waals surface area contributed by atoms with Crippen LogP contribution < -0.4 is 0 Å². The fraction of sp³-hybridized carbons (Fsp3) is 0.455. The first-order valence-electron chi connectivity index (χ1n) is 5.02. The highest BCUT2D eigenvalue weighted by Gasteiger charge is 2.39. The van der Waals surface area contributed by atoms with Gasteiger partial charge in [0, 0.05) is 17.0 Å². The van der Waals surface area contributed by atoms with Gasteiger partial charge in [0.2, 0.25) is 0 Å². The van der Waals surface area contributed by atoms with Crippen molar-refractivity contribution >= 4 is 26.0 Å². The Morgan fingerprint density at radius 3 is 2.28 bits per heavy atom. The summed E-state index contributed by atoms with van der Waals surface area (Å²) in [5, 5.41) is 0.162. The molecular formula is C11H13BrF2O3S. The monoisotopic (exact) mass is 342 g/mol. The quantitative estimate of drug-likeness (QED) is 0.623. The zero-order valence-corrected chi connectivity index (χ0v) is 12.5. The molecule has 18 heavy (non-hydrogen) atoms. The maximum Gasteiger partial charge on any atom is 0.276 e. The summed E-state index contributed by atoms with van der Waals surface area (Å²) in [7, 11) is -2.98. The van der Waals surface area contributed by atoms with Gasteiger partial charge in [0.25, 0.3) is 10.1 Å². The van der Waals surface area contributed by atoms with Crippen molar-refractivity contribution < 1.29 is 21.4 Å². The Bertz CT molecular complexity index is 556. The first-order chi connectivity index (χ1) is 8.17. The summed E-state index contributed by atoms with van der Waals surface area (Å²) in [5.41, 5.74) is 0.0611. The molecular weight excluding hydrogens is 330 g/mol. The smallest absolute Gasteiger partial charge is 0.273 e. The van der Waals surface area contributed by atoms with Crippen LogP contribution in [0, 0.1) is 11.6 Å². The zero-order valence-electron chi connectivity index (χ0n) is 10.1. The van der Waals surface area contributed by atoms with E-state index in [0.717, 1.165) is 7.11 Å². The molecule has 3 nitrogen and oxygen atoms in total. The molecule has 0 fully saturated rings. The second kappa shape index (κ2) is 5.22. The van der Waals surface area contributed by atoms with Gasteiger partial charge in [-0.05, 0) is 25.5 Å². The van der Waals surface area contributed by atoms with Crippen molar-refractivity contribution in [1.82, 2.24) is 0 Å². The number of hydrogen-bond acceptors (Lipinski definition) is 3. The van der Waals surface area contributed by atoms with E-state index in [0.29, 0.717) is 6.07 Å². The molecule has 0 aromatic heterocycles. The molecule has 1 aromatic carbocycles. The molecule has 0 bridgehead atoms. The highest BCUT2D eigenvalue weighted by atomic mass is 79.9. The van der Waals surface area contributed by atoms with E-state index in [1.54, 1.807) is 0 Å². The van der Waals surface area contributed by atoms with Crippen molar-refractivity contribution in [2.24, 2.45) is 0 Å². The third-order valence-electron chi connectivity index (χ3n) is 2.77. The van der Waals surface area contributed by atoms with E-state index in [9.17, 15) is 17.2 Å². The summed E-state index contributed by atoms with van der Waals surface area (Å²) < 4.78 is 53.4. The standard InChI is InChI=1S/C11H13BrF2O3S/c1-11(2,18(15,16)17-3)8-4-7(6-12)9(13)5-10(8)14/h4-5H,6H2,1-3H3. The maximum absolute atomic E-state index is 13.8. The summed E-state index contributed by atoms with van der Waals surface area (Å²) in [6, 6.07) is 1.87. The van der Waals surface area contributed by atoms with Gasteiger partial charge < -0.3 is 0 Å². The van der Waals surface area contributed by atoms with Crippen LogP contribution in [0.5, 0.6) is 0 Å². The third kappa shape index (κ3) is 2.57. The van der Waals surface area contributed by atoms with Gasteiger partial charge in [-0.25, -0.2) is 8.78 Å². The Hall–Kier alpha value is -0.530. The second-order valence-electron chi connectivity index (χ2n) is 4.19. The van der Waals surface area contributed by atoms with Crippen LogP contribution in [0.25, 0.3) is 0 Å². The second-order valence-corrected chi connectivity index (χ2v) is 7.01. The van der Waals surface area contributed by atoms with Gasteiger partial charge >= 0.3 is 0 Å². The van der Waals surface area contributed by atoms with Crippen molar-refractivity contribution in [3.8, 4) is 0 Å². The number of alkyl halides is 1. The zero-order chi connectivity index (χ0) is 14.1. The first-order valence-corrected chi connectivity index (χ1v) is 7.55. The number of benzene rings is 1. The molecule has 0 N–H and O–H groups in total. The van der Waals surface area contributed by atoms with Crippen molar-refractivity contribution in [1.29, 1.82) is 0 Å². The minimum absolute atomic E-state index is 0.125. The Morgan fingerprint density at radius 2 is 1.83 bits per heavy atom. The minimum atomic E-state index is -3.99. The molecule has 1 rings (SSSR count). The van der Waals surface area contributed by atoms with Gasteiger partial charge in [0.1, 0.15) is 16.4 Å². The third-order valence-corrected chi connectivity index (χ3v) is 5.29. The van der Waals surface area contributed by atoms with E-state index in [2.05, 4.69) is 20.1 Å². The maximum atomic E-state index is 13.8. The first kappa shape index (κ1) is 15.5. The summed E-state index contributed by atoms with van der Waals surface area (Å²) in [5.74, 6) is -1.64. The van der Waals surface area contributed by atoms with Crippen molar-refractivity contribution in [2.45, 2.75) is 23.9 Å². The van der Waals surface area contributed by atoms with Crippen LogP contribution in [-0.4, -0.2) is 15.5 Å². The summed E-state index contributed by atoms with van der Waals surface area (Å²) in [4.78, 5) is 0. The molecule has 0 aliphatic heterocycles. The van der Waals surface area contributed by atoms with Gasteiger partial charge in [-0.3, -0.25) is 4.18 Å². The van der Waals surface area contributed by atoms with Gasteiger partial charge in [-0.15, -0.1) is 0 Å². The molecule has 0 heterocycles. The Morgan fingerprint density at radius 1 is 1.28 bits per heavy atom. The van der Waals surface area contributed by atoms with Gasteiger partial charge in [-0.2, -0.15) is 8.42 Å². The minimum Gasteiger partial charge on any atom is -0.273 e. The van der Waals surface area contributed by atoms with Crippen LogP contribution in [0.2, 0.25) is 0 Å². The van der Waals surface area contributed by atoms with Crippen LogP contribution in [-0.2, 0) is 24.4 Å². The Kier molecular flexibility index (Phi) is 4.51. The topological polar surface area (TPSA) is 43.4 Å². The summed E-state index contributed by atoms with van der Waals surface area (Å²) in [6.07, 6.45) is 0. The molecule has 0 amide bonds. The van der Waals surface area contributed by atoms with E-state index in [4.69, 9.17) is 0 Å². The van der Waals surface area contributed by atoms with Gasteiger partial charge in [-0.1, -0.05) is 15.9 Å². The fourth-order valence-corrected chi connectivity index (χ4v) is 2.77. The highest BCUT2D eigenvalue weighted by Crippen LogP contribution is 2.34. The average molecular weight is 343 g/mol. The predicted octanol–water partition coefficient (Wildman–Crippen LogP) is 3.07. The van der Waals surface area contributed by atoms with Crippen molar-refractivity contribution in [2.75, 3.05) is 7.11 Å². The fourth-order valence-electron chi connectivity index (χ4n) is 1.50. The molecule has 0 spiro atoms. The Labute approximate surface area is 113 Å². The SMILES string of the molecule is COS(=O)(=O)C(C)(C)c1cc(CBr)c(F)cc1F. The summed E-state index contributed by atoms with van der Waals surface area (Å²) in [6.45, 7) is 2.61. The van der Waals surface area contributed by atoms with E-state index < -0.39 is 26.5 Å². The van der Waals surface area contributed by atoms with Crippen LogP contribution in [0.4, 0.5) is 8.78 Å². The van der Waals surface area contributed by atoms with Crippen LogP contribution >= 0.6 is 15.9 Å². The van der Waals surface area contributed by atoms with Crippen molar-refractivity contribution in [3.05, 3.63) is 34.9 Å². The number of rotatable bonds is 4. The van der Waals surface area contributed by atoms with E-state index in [-0.39, 0.29) is 16.5 Å². The van der Waals surface area contributed by atoms with Crippen molar-refractivity contribution in [3.63, 3.8) is 0 Å². The molecule has 0 saturated heterocycles. The van der Waals surface area contributed by atoms with E-state index in [1.165, 1.54) is 19.9 Å². The van der Waals surface area contributed by atoms with Gasteiger partial charge in [0.05, 0.1) is 7.11 Å². The lowest BCUT2D eigenvalue weighted by Crippen LogP contribution is -2.31. The number of halogens is 3. The van der Waals surface area contributed by atoms with Crippen LogP contribution in [0.3, 0.4) is 0 Å². The lowest BCUT2D eigenvalue weighted by atomic mass is 9.99. The lowest BCUT2D eigenvalue weighted by Gasteiger charge is -2.24.